The molecule has 14 heavy (non-hydrogen) atoms. The van der Waals surface area contributed by atoms with Gasteiger partial charge in [-0.2, -0.15) is 0 Å². The lowest BCUT2D eigenvalue weighted by molar-refractivity contribution is 0.0692. The predicted molar refractivity (Wildman–Crippen MR) is 48.3 cm³/mol. The van der Waals surface area contributed by atoms with E-state index in [1.807, 2.05) is 0 Å². The van der Waals surface area contributed by atoms with Crippen molar-refractivity contribution < 1.29 is 14.4 Å². The van der Waals surface area contributed by atoms with Gasteiger partial charge in [0.15, 0.2) is 6.29 Å². The molecule has 0 radical (unpaired) electrons. The Bertz CT molecular complexity index is 451. The number of carbonyl (C=O) groups excluding carboxylic acids is 3. The largest absolute Gasteiger partial charge is 0.298 e. The molecule has 70 valence electrons. The number of rotatable bonds is 1. The van der Waals surface area contributed by atoms with Crippen molar-refractivity contribution in [3.05, 3.63) is 34.9 Å². The molecule has 0 aromatic heterocycles. The standard InChI is InChI=1S/C10H7NO3/c1-11-9(13)7-4-2-3-6(5-12)8(7)10(11)14/h2-5H,1H3. The summed E-state index contributed by atoms with van der Waals surface area (Å²) >= 11 is 0. The maximum absolute atomic E-state index is 11.5. The molecule has 0 N–H and O–H groups in total. The highest BCUT2D eigenvalue weighted by atomic mass is 16.2. The van der Waals surface area contributed by atoms with Crippen molar-refractivity contribution in [3.8, 4) is 0 Å². The van der Waals surface area contributed by atoms with E-state index >= 15 is 0 Å². The van der Waals surface area contributed by atoms with E-state index in [2.05, 4.69) is 0 Å². The number of amides is 2. The number of aldehydes is 1. The minimum absolute atomic E-state index is 0.218. The van der Waals surface area contributed by atoms with Gasteiger partial charge in [0, 0.05) is 12.6 Å². The number of imide groups is 1. The summed E-state index contributed by atoms with van der Waals surface area (Å²) in [6.07, 6.45) is 0.586. The van der Waals surface area contributed by atoms with Crippen LogP contribution in [-0.4, -0.2) is 30.0 Å². The number of fused-ring (bicyclic) bond motifs is 1. The fourth-order valence-electron chi connectivity index (χ4n) is 1.53. The third-order valence-corrected chi connectivity index (χ3v) is 2.28. The summed E-state index contributed by atoms with van der Waals surface area (Å²) in [5.41, 5.74) is 0.794. The Morgan fingerprint density at radius 3 is 2.57 bits per heavy atom. The minimum atomic E-state index is -0.410. The van der Waals surface area contributed by atoms with Gasteiger partial charge in [0.1, 0.15) is 0 Å². The van der Waals surface area contributed by atoms with E-state index in [-0.39, 0.29) is 17.0 Å². The number of hydrogen-bond acceptors (Lipinski definition) is 3. The Morgan fingerprint density at radius 1 is 1.21 bits per heavy atom. The smallest absolute Gasteiger partial charge is 0.262 e. The highest BCUT2D eigenvalue weighted by molar-refractivity contribution is 6.23. The van der Waals surface area contributed by atoms with Gasteiger partial charge in [-0.25, -0.2) is 0 Å². The molecule has 0 fully saturated rings. The predicted octanol–water partition coefficient (Wildman–Crippen LogP) is 0.725. The van der Waals surface area contributed by atoms with Crippen molar-refractivity contribution in [1.82, 2.24) is 4.90 Å². The van der Waals surface area contributed by atoms with Crippen LogP contribution in [0.15, 0.2) is 18.2 Å². The van der Waals surface area contributed by atoms with Gasteiger partial charge in [-0.1, -0.05) is 12.1 Å². The molecule has 1 aliphatic rings. The van der Waals surface area contributed by atoms with Crippen LogP contribution in [0.25, 0.3) is 0 Å². The van der Waals surface area contributed by atoms with Crippen molar-refractivity contribution >= 4 is 18.1 Å². The first-order valence-corrected chi connectivity index (χ1v) is 4.07. The van der Waals surface area contributed by atoms with Gasteiger partial charge >= 0.3 is 0 Å². The van der Waals surface area contributed by atoms with Crippen LogP contribution in [0.1, 0.15) is 31.1 Å². The van der Waals surface area contributed by atoms with Crippen molar-refractivity contribution in [1.29, 1.82) is 0 Å². The lowest BCUT2D eigenvalue weighted by atomic mass is 10.0. The Morgan fingerprint density at radius 2 is 1.93 bits per heavy atom. The summed E-state index contributed by atoms with van der Waals surface area (Å²) in [4.78, 5) is 34.7. The van der Waals surface area contributed by atoms with Crippen LogP contribution in [0, 0.1) is 0 Å². The average molecular weight is 189 g/mol. The molecule has 4 heteroatoms. The number of hydrogen-bond donors (Lipinski definition) is 0. The van der Waals surface area contributed by atoms with Gasteiger partial charge in [-0.3, -0.25) is 19.3 Å². The second kappa shape index (κ2) is 2.77. The fourth-order valence-corrected chi connectivity index (χ4v) is 1.53. The van der Waals surface area contributed by atoms with Gasteiger partial charge in [0.25, 0.3) is 11.8 Å². The van der Waals surface area contributed by atoms with Crippen LogP contribution >= 0.6 is 0 Å². The monoisotopic (exact) mass is 189 g/mol. The summed E-state index contributed by atoms with van der Waals surface area (Å²) in [7, 11) is 1.40. The molecule has 0 saturated carbocycles. The van der Waals surface area contributed by atoms with Crippen LogP contribution in [0.3, 0.4) is 0 Å². The number of nitrogens with zero attached hydrogens (tertiary/aromatic N) is 1. The third kappa shape index (κ3) is 0.907. The lowest BCUT2D eigenvalue weighted by Crippen LogP contribution is -2.24. The first-order valence-electron chi connectivity index (χ1n) is 4.07. The van der Waals surface area contributed by atoms with Crippen LogP contribution in [-0.2, 0) is 0 Å². The summed E-state index contributed by atoms with van der Waals surface area (Å²) in [5.74, 6) is -0.763. The second-order valence-corrected chi connectivity index (χ2v) is 3.06. The zero-order chi connectivity index (χ0) is 10.3. The second-order valence-electron chi connectivity index (χ2n) is 3.06. The Labute approximate surface area is 80.1 Å². The van der Waals surface area contributed by atoms with Gasteiger partial charge in [-0.15, -0.1) is 0 Å². The van der Waals surface area contributed by atoms with Crippen LogP contribution in [0.4, 0.5) is 0 Å². The molecular formula is C10H7NO3. The lowest BCUT2D eigenvalue weighted by Gasteiger charge is -2.03. The van der Waals surface area contributed by atoms with Crippen molar-refractivity contribution in [2.75, 3.05) is 7.05 Å². The molecule has 0 bridgehead atoms. The van der Waals surface area contributed by atoms with E-state index in [0.29, 0.717) is 11.8 Å². The van der Waals surface area contributed by atoms with Gasteiger partial charge < -0.3 is 0 Å². The molecule has 0 unspecified atom stereocenters. The Kier molecular flexibility index (Phi) is 1.70. The average Bonchev–Trinajstić information content (AvgIpc) is 2.44. The molecular weight excluding hydrogens is 182 g/mol. The van der Waals surface area contributed by atoms with Crippen LogP contribution in [0.2, 0.25) is 0 Å². The Balaban J connectivity index is 2.75. The molecule has 2 amide bonds. The van der Waals surface area contributed by atoms with E-state index in [1.165, 1.54) is 13.1 Å². The van der Waals surface area contributed by atoms with Crippen LogP contribution < -0.4 is 0 Å². The SMILES string of the molecule is CN1C(=O)c2cccc(C=O)c2C1=O. The fraction of sp³-hybridized carbons (Fsp3) is 0.100. The number of carbonyl (C=O) groups is 3. The van der Waals surface area contributed by atoms with Gasteiger partial charge in [-0.05, 0) is 6.07 Å². The molecule has 2 rings (SSSR count). The summed E-state index contributed by atoms with van der Waals surface area (Å²) in [5, 5.41) is 0. The topological polar surface area (TPSA) is 54.5 Å². The maximum atomic E-state index is 11.5. The highest BCUT2D eigenvalue weighted by Gasteiger charge is 2.34. The Hall–Kier alpha value is -1.97. The zero-order valence-electron chi connectivity index (χ0n) is 7.48. The molecule has 1 aromatic carbocycles. The molecule has 4 nitrogen and oxygen atoms in total. The summed E-state index contributed by atoms with van der Waals surface area (Å²) in [6, 6.07) is 4.66. The highest BCUT2D eigenvalue weighted by Crippen LogP contribution is 2.23. The first-order chi connectivity index (χ1) is 6.66. The van der Waals surface area contributed by atoms with E-state index < -0.39 is 5.91 Å². The van der Waals surface area contributed by atoms with Crippen molar-refractivity contribution in [2.45, 2.75) is 0 Å². The number of benzene rings is 1. The third-order valence-electron chi connectivity index (χ3n) is 2.28. The minimum Gasteiger partial charge on any atom is -0.298 e. The van der Waals surface area contributed by atoms with Gasteiger partial charge in [0.2, 0.25) is 0 Å². The molecule has 0 saturated heterocycles. The zero-order valence-corrected chi connectivity index (χ0v) is 7.48. The van der Waals surface area contributed by atoms with E-state index in [9.17, 15) is 14.4 Å². The molecule has 1 aromatic rings. The summed E-state index contributed by atoms with van der Waals surface area (Å²) in [6.45, 7) is 0. The van der Waals surface area contributed by atoms with Crippen molar-refractivity contribution in [3.63, 3.8) is 0 Å². The first kappa shape index (κ1) is 8.62. The molecule has 0 atom stereocenters. The molecule has 1 heterocycles. The molecule has 0 spiro atoms. The van der Waals surface area contributed by atoms with E-state index in [0.717, 1.165) is 4.90 Å². The molecule has 0 aliphatic carbocycles. The molecule has 1 aliphatic heterocycles. The van der Waals surface area contributed by atoms with Crippen molar-refractivity contribution in [2.24, 2.45) is 0 Å². The quantitative estimate of drug-likeness (QED) is 0.483. The van der Waals surface area contributed by atoms with E-state index in [4.69, 9.17) is 0 Å². The normalized spacial score (nSPS) is 14.5. The van der Waals surface area contributed by atoms with E-state index in [1.54, 1.807) is 12.1 Å². The van der Waals surface area contributed by atoms with Crippen LogP contribution in [0.5, 0.6) is 0 Å². The van der Waals surface area contributed by atoms with Gasteiger partial charge in [0.05, 0.1) is 11.1 Å². The summed E-state index contributed by atoms with van der Waals surface area (Å²) < 4.78 is 0. The maximum Gasteiger partial charge on any atom is 0.262 e.